The number of aliphatic hydroxyl groups is 1. The number of rotatable bonds is 5. The summed E-state index contributed by atoms with van der Waals surface area (Å²) in [7, 11) is -4.50. The average molecular weight is 256 g/mol. The van der Waals surface area contributed by atoms with Crippen molar-refractivity contribution in [3.05, 3.63) is 12.2 Å². The Morgan fingerprint density at radius 2 is 1.88 bits per heavy atom. The Kier molecular flexibility index (Phi) is 9.31. The number of hydrogen-bond donors (Lipinski definition) is 4. The van der Waals surface area contributed by atoms with Crippen molar-refractivity contribution in [3.63, 3.8) is 0 Å². The van der Waals surface area contributed by atoms with E-state index in [-0.39, 0.29) is 12.0 Å². The van der Waals surface area contributed by atoms with Crippen LogP contribution < -0.4 is 0 Å². The van der Waals surface area contributed by atoms with Gasteiger partial charge in [0.15, 0.2) is 6.29 Å². The third-order valence-electron chi connectivity index (χ3n) is 1.16. The number of carbonyl (C=O) groups is 1. The minimum absolute atomic E-state index is 0.176. The summed E-state index contributed by atoms with van der Waals surface area (Å²) in [6.07, 6.45) is -0.516. The van der Waals surface area contributed by atoms with Crippen LogP contribution in [0.5, 0.6) is 0 Å². The largest absolute Gasteiger partial charge is 0.478 e. The molecule has 0 aliphatic heterocycles. The number of phosphoric acid groups is 1. The van der Waals surface area contributed by atoms with Gasteiger partial charge in [-0.15, -0.1) is 0 Å². The molecule has 0 rings (SSSR count). The molecular weight excluding hydrogens is 239 g/mol. The number of carboxylic acid groups (broad SMARTS) is 1. The number of aliphatic hydroxyl groups excluding tert-OH is 1. The standard InChI is InChI=1S/C4H11O5P.C4H6O2/c1-2-3-4(5)9-10(6,7)8;1-3(2)4(5)6/h4-5H,2-3H2,1H3,(H2,6,7,8);1H2,2H3,(H,5,6). The first kappa shape index (κ1) is 17.7. The number of aliphatic carboxylic acids is 1. The first-order valence-corrected chi connectivity index (χ1v) is 5.94. The molecule has 0 amide bonds. The molecule has 0 radical (unpaired) electrons. The van der Waals surface area contributed by atoms with Crippen LogP contribution in [0.1, 0.15) is 26.7 Å². The van der Waals surface area contributed by atoms with E-state index >= 15 is 0 Å². The zero-order valence-electron chi connectivity index (χ0n) is 9.16. The first-order valence-electron chi connectivity index (χ1n) is 4.41. The molecule has 0 spiro atoms. The molecule has 0 aromatic rings. The second-order valence-electron chi connectivity index (χ2n) is 2.92. The van der Waals surface area contributed by atoms with Crippen LogP contribution in [0.3, 0.4) is 0 Å². The molecule has 1 unspecified atom stereocenters. The van der Waals surface area contributed by atoms with Crippen LogP contribution >= 0.6 is 7.82 Å². The van der Waals surface area contributed by atoms with Crippen molar-refractivity contribution in [2.24, 2.45) is 0 Å². The number of phosphoric ester groups is 1. The van der Waals surface area contributed by atoms with Gasteiger partial charge in [0.2, 0.25) is 0 Å². The highest BCUT2D eigenvalue weighted by Gasteiger charge is 2.18. The molecule has 0 aromatic carbocycles. The molecule has 0 aliphatic rings. The molecule has 8 heteroatoms. The van der Waals surface area contributed by atoms with Crippen LogP contribution in [0.4, 0.5) is 0 Å². The van der Waals surface area contributed by atoms with E-state index in [0.717, 1.165) is 0 Å². The molecule has 16 heavy (non-hydrogen) atoms. The van der Waals surface area contributed by atoms with Crippen LogP contribution in [0, 0.1) is 0 Å². The molecule has 0 saturated carbocycles. The molecule has 0 fully saturated rings. The lowest BCUT2D eigenvalue weighted by Crippen LogP contribution is -2.08. The van der Waals surface area contributed by atoms with E-state index in [1.54, 1.807) is 6.92 Å². The molecular formula is C8H17O7P. The smallest absolute Gasteiger partial charge is 0.471 e. The lowest BCUT2D eigenvalue weighted by molar-refractivity contribution is -0.132. The topological polar surface area (TPSA) is 124 Å². The lowest BCUT2D eigenvalue weighted by Gasteiger charge is -2.10. The van der Waals surface area contributed by atoms with Crippen molar-refractivity contribution >= 4 is 13.8 Å². The minimum Gasteiger partial charge on any atom is -0.478 e. The van der Waals surface area contributed by atoms with Crippen LogP contribution in [0.2, 0.25) is 0 Å². The second-order valence-corrected chi connectivity index (χ2v) is 4.12. The Morgan fingerprint density at radius 1 is 1.50 bits per heavy atom. The first-order chi connectivity index (χ1) is 7.10. The fraction of sp³-hybridized carbons (Fsp3) is 0.625. The summed E-state index contributed by atoms with van der Waals surface area (Å²) < 4.78 is 13.9. The summed E-state index contributed by atoms with van der Waals surface area (Å²) >= 11 is 0. The van der Waals surface area contributed by atoms with Crippen LogP contribution in [-0.2, 0) is 13.9 Å². The molecule has 0 saturated heterocycles. The van der Waals surface area contributed by atoms with Crippen LogP contribution in [-0.4, -0.2) is 32.3 Å². The maximum atomic E-state index is 10.0. The summed E-state index contributed by atoms with van der Waals surface area (Å²) in [5.41, 5.74) is 0.176. The van der Waals surface area contributed by atoms with Crippen molar-refractivity contribution in [1.82, 2.24) is 0 Å². The molecule has 96 valence electrons. The van der Waals surface area contributed by atoms with Gasteiger partial charge >= 0.3 is 13.8 Å². The lowest BCUT2D eigenvalue weighted by atomic mass is 10.3. The summed E-state index contributed by atoms with van der Waals surface area (Å²) in [5.74, 6) is -0.935. The van der Waals surface area contributed by atoms with Gasteiger partial charge in [0.05, 0.1) is 0 Å². The highest BCUT2D eigenvalue weighted by Crippen LogP contribution is 2.37. The van der Waals surface area contributed by atoms with Crippen LogP contribution in [0.25, 0.3) is 0 Å². The third-order valence-corrected chi connectivity index (χ3v) is 1.68. The van der Waals surface area contributed by atoms with E-state index in [1.165, 1.54) is 6.92 Å². The van der Waals surface area contributed by atoms with Gasteiger partial charge in [-0.25, -0.2) is 9.36 Å². The number of hydrogen-bond acceptors (Lipinski definition) is 4. The van der Waals surface area contributed by atoms with E-state index in [9.17, 15) is 9.36 Å². The molecule has 1 atom stereocenters. The normalized spacial score (nSPS) is 12.3. The third kappa shape index (κ3) is 15.7. The zero-order valence-corrected chi connectivity index (χ0v) is 10.1. The van der Waals surface area contributed by atoms with Crippen molar-refractivity contribution < 1.29 is 33.9 Å². The van der Waals surface area contributed by atoms with E-state index in [0.29, 0.717) is 6.42 Å². The van der Waals surface area contributed by atoms with Gasteiger partial charge in [-0.05, 0) is 13.3 Å². The summed E-state index contributed by atoms with van der Waals surface area (Å²) in [6.45, 7) is 6.37. The zero-order chi connectivity index (χ0) is 13.4. The van der Waals surface area contributed by atoms with Crippen molar-refractivity contribution in [2.45, 2.75) is 33.0 Å². The van der Waals surface area contributed by atoms with Gasteiger partial charge < -0.3 is 20.0 Å². The van der Waals surface area contributed by atoms with Crippen molar-refractivity contribution in [2.75, 3.05) is 0 Å². The van der Waals surface area contributed by atoms with Crippen molar-refractivity contribution in [1.29, 1.82) is 0 Å². The molecule has 0 aromatic heterocycles. The Balaban J connectivity index is 0. The Bertz CT molecular complexity index is 258. The predicted octanol–water partition coefficient (Wildman–Crippen LogP) is 0.861. The van der Waals surface area contributed by atoms with E-state index < -0.39 is 20.1 Å². The van der Waals surface area contributed by atoms with Gasteiger partial charge in [0.25, 0.3) is 0 Å². The Morgan fingerprint density at radius 3 is 2.06 bits per heavy atom. The monoisotopic (exact) mass is 256 g/mol. The molecule has 7 nitrogen and oxygen atoms in total. The molecule has 0 bridgehead atoms. The van der Waals surface area contributed by atoms with E-state index in [1.807, 2.05) is 0 Å². The summed E-state index contributed by atoms with van der Waals surface area (Å²) in [6, 6.07) is 0. The highest BCUT2D eigenvalue weighted by atomic mass is 31.2. The minimum atomic E-state index is -4.50. The maximum Gasteiger partial charge on any atom is 0.471 e. The Hall–Kier alpha value is -0.720. The molecule has 0 aliphatic carbocycles. The summed E-state index contributed by atoms with van der Waals surface area (Å²) in [5, 5.41) is 16.6. The van der Waals surface area contributed by atoms with Gasteiger partial charge in [-0.3, -0.25) is 4.52 Å². The second kappa shape index (κ2) is 8.43. The van der Waals surface area contributed by atoms with Gasteiger partial charge in [0.1, 0.15) is 0 Å². The molecule has 4 N–H and O–H groups in total. The van der Waals surface area contributed by atoms with E-state index in [2.05, 4.69) is 11.1 Å². The van der Waals surface area contributed by atoms with Gasteiger partial charge in [0, 0.05) is 5.57 Å². The average Bonchev–Trinajstić information content (AvgIpc) is 2.01. The number of carboxylic acids is 1. The maximum absolute atomic E-state index is 10.0. The predicted molar refractivity (Wildman–Crippen MR) is 56.5 cm³/mol. The van der Waals surface area contributed by atoms with Crippen molar-refractivity contribution in [3.8, 4) is 0 Å². The fourth-order valence-electron chi connectivity index (χ4n) is 0.458. The SMILES string of the molecule is C=C(C)C(=O)O.CCCC(O)OP(=O)(O)O. The van der Waals surface area contributed by atoms with E-state index in [4.69, 9.17) is 20.0 Å². The summed E-state index contributed by atoms with van der Waals surface area (Å²) in [4.78, 5) is 25.9. The molecule has 0 heterocycles. The van der Waals surface area contributed by atoms with Gasteiger partial charge in [-0.2, -0.15) is 0 Å². The van der Waals surface area contributed by atoms with Gasteiger partial charge in [-0.1, -0.05) is 19.9 Å². The fourth-order valence-corrected chi connectivity index (χ4v) is 0.881. The highest BCUT2D eigenvalue weighted by molar-refractivity contribution is 7.46. The Labute approximate surface area is 93.6 Å². The van der Waals surface area contributed by atoms with Crippen LogP contribution in [0.15, 0.2) is 12.2 Å². The quantitative estimate of drug-likeness (QED) is 0.326.